The van der Waals surface area contributed by atoms with E-state index in [-0.39, 0.29) is 5.91 Å². The highest BCUT2D eigenvalue weighted by molar-refractivity contribution is 7.15. The average molecular weight is 300 g/mol. The number of imidazole rings is 1. The molecule has 0 saturated carbocycles. The van der Waals surface area contributed by atoms with Crippen LogP contribution in [0.4, 0.5) is 0 Å². The maximum atomic E-state index is 11.9. The third-order valence-electron chi connectivity index (χ3n) is 3.22. The van der Waals surface area contributed by atoms with Crippen molar-refractivity contribution in [2.75, 3.05) is 0 Å². The monoisotopic (exact) mass is 300 g/mol. The Morgan fingerprint density at radius 3 is 3.19 bits per heavy atom. The zero-order valence-corrected chi connectivity index (χ0v) is 12.6. The predicted molar refractivity (Wildman–Crippen MR) is 82.2 cm³/mol. The van der Waals surface area contributed by atoms with Crippen molar-refractivity contribution in [3.8, 4) is 0 Å². The first-order valence-corrected chi connectivity index (χ1v) is 7.68. The zero-order chi connectivity index (χ0) is 14.7. The molecule has 0 aliphatic rings. The summed E-state index contributed by atoms with van der Waals surface area (Å²) in [4.78, 5) is 21.3. The van der Waals surface area contributed by atoms with E-state index in [1.807, 2.05) is 25.3 Å². The highest BCUT2D eigenvalue weighted by atomic mass is 32.1. The van der Waals surface area contributed by atoms with Gasteiger partial charge < -0.3 is 5.32 Å². The molecular formula is C15H16N4OS. The number of thiazole rings is 1. The molecule has 1 amide bonds. The maximum Gasteiger partial charge on any atom is 0.220 e. The molecule has 0 fully saturated rings. The lowest BCUT2D eigenvalue weighted by Crippen LogP contribution is -2.23. The van der Waals surface area contributed by atoms with Crippen LogP contribution in [0.25, 0.3) is 4.96 Å². The fraction of sp³-hybridized carbons (Fsp3) is 0.267. The van der Waals surface area contributed by atoms with Crippen LogP contribution in [0.2, 0.25) is 0 Å². The fourth-order valence-electron chi connectivity index (χ4n) is 2.15. The molecule has 0 atom stereocenters. The van der Waals surface area contributed by atoms with Crippen LogP contribution < -0.4 is 5.32 Å². The largest absolute Gasteiger partial charge is 0.352 e. The van der Waals surface area contributed by atoms with E-state index in [0.717, 1.165) is 21.9 Å². The van der Waals surface area contributed by atoms with E-state index in [9.17, 15) is 4.79 Å². The molecule has 0 saturated heterocycles. The first kappa shape index (κ1) is 13.8. The van der Waals surface area contributed by atoms with Crippen molar-refractivity contribution in [3.05, 3.63) is 53.1 Å². The molecule has 0 aromatic carbocycles. The number of pyridine rings is 1. The van der Waals surface area contributed by atoms with Crippen molar-refractivity contribution in [2.24, 2.45) is 0 Å². The summed E-state index contributed by atoms with van der Waals surface area (Å²) in [5, 5.41) is 4.98. The van der Waals surface area contributed by atoms with Gasteiger partial charge in [0.05, 0.1) is 5.69 Å². The molecule has 108 valence electrons. The van der Waals surface area contributed by atoms with Crippen molar-refractivity contribution in [2.45, 2.75) is 26.3 Å². The van der Waals surface area contributed by atoms with Crippen LogP contribution in [-0.2, 0) is 17.8 Å². The van der Waals surface area contributed by atoms with E-state index in [2.05, 4.69) is 25.1 Å². The van der Waals surface area contributed by atoms with Gasteiger partial charge in [-0.15, -0.1) is 11.3 Å². The second-order valence-electron chi connectivity index (χ2n) is 4.90. The Labute approximate surface area is 126 Å². The number of aromatic nitrogens is 3. The average Bonchev–Trinajstić information content (AvgIpc) is 3.03. The summed E-state index contributed by atoms with van der Waals surface area (Å²) in [6.07, 6.45) is 6.68. The quantitative estimate of drug-likeness (QED) is 0.787. The number of hydrogen-bond acceptors (Lipinski definition) is 4. The van der Waals surface area contributed by atoms with Gasteiger partial charge in [0, 0.05) is 42.6 Å². The number of aryl methyl sites for hydroxylation is 2. The van der Waals surface area contributed by atoms with E-state index in [0.29, 0.717) is 19.4 Å². The van der Waals surface area contributed by atoms with Crippen LogP contribution in [0.15, 0.2) is 36.1 Å². The molecular weight excluding hydrogens is 284 g/mol. The van der Waals surface area contributed by atoms with Gasteiger partial charge in [0.15, 0.2) is 4.96 Å². The second kappa shape index (κ2) is 6.05. The Bertz CT molecular complexity index is 747. The van der Waals surface area contributed by atoms with E-state index in [4.69, 9.17) is 0 Å². The highest BCUT2D eigenvalue weighted by Gasteiger charge is 2.08. The number of hydrogen-bond donors (Lipinski definition) is 1. The fourth-order valence-corrected chi connectivity index (χ4v) is 3.11. The molecule has 1 N–H and O–H groups in total. The molecule has 0 unspecified atom stereocenters. The zero-order valence-electron chi connectivity index (χ0n) is 11.7. The molecule has 21 heavy (non-hydrogen) atoms. The van der Waals surface area contributed by atoms with Crippen LogP contribution in [0.1, 0.15) is 23.4 Å². The van der Waals surface area contributed by atoms with Crippen LogP contribution in [-0.4, -0.2) is 20.3 Å². The number of carbonyl (C=O) groups excluding carboxylic acids is 1. The summed E-state index contributed by atoms with van der Waals surface area (Å²) >= 11 is 1.61. The van der Waals surface area contributed by atoms with E-state index in [1.165, 1.54) is 0 Å². The predicted octanol–water partition coefficient (Wildman–Crippen LogP) is 2.35. The van der Waals surface area contributed by atoms with Gasteiger partial charge in [0.25, 0.3) is 0 Å². The molecule has 0 aliphatic heterocycles. The SMILES string of the molecule is Cc1cn2c(CCC(=O)NCc3cccnc3)csc2n1. The Hall–Kier alpha value is -2.21. The molecule has 3 heterocycles. The van der Waals surface area contributed by atoms with Gasteiger partial charge >= 0.3 is 0 Å². The van der Waals surface area contributed by atoms with Gasteiger partial charge in [-0.25, -0.2) is 4.98 Å². The minimum atomic E-state index is 0.0510. The normalized spacial score (nSPS) is 10.9. The third-order valence-corrected chi connectivity index (χ3v) is 4.11. The van der Waals surface area contributed by atoms with E-state index < -0.39 is 0 Å². The van der Waals surface area contributed by atoms with Crippen molar-refractivity contribution in [1.29, 1.82) is 0 Å². The standard InChI is InChI=1S/C15H16N4OS/c1-11-9-19-13(10-21-15(19)18-11)4-5-14(20)17-8-12-3-2-6-16-7-12/h2-3,6-7,9-10H,4-5,8H2,1H3,(H,17,20). The van der Waals surface area contributed by atoms with Crippen molar-refractivity contribution in [1.82, 2.24) is 19.7 Å². The number of rotatable bonds is 5. The number of nitrogens with zero attached hydrogens (tertiary/aromatic N) is 3. The summed E-state index contributed by atoms with van der Waals surface area (Å²) in [7, 11) is 0. The maximum absolute atomic E-state index is 11.9. The lowest BCUT2D eigenvalue weighted by Gasteiger charge is -2.04. The summed E-state index contributed by atoms with van der Waals surface area (Å²) in [5.74, 6) is 0.0510. The van der Waals surface area contributed by atoms with E-state index >= 15 is 0 Å². The van der Waals surface area contributed by atoms with Crippen LogP contribution >= 0.6 is 11.3 Å². The Kier molecular flexibility index (Phi) is 3.96. The lowest BCUT2D eigenvalue weighted by molar-refractivity contribution is -0.121. The number of amides is 1. The number of carbonyl (C=O) groups is 1. The second-order valence-corrected chi connectivity index (χ2v) is 5.74. The van der Waals surface area contributed by atoms with Gasteiger partial charge in [-0.1, -0.05) is 6.07 Å². The molecule has 3 aromatic rings. The van der Waals surface area contributed by atoms with Crippen molar-refractivity contribution >= 4 is 22.2 Å². The van der Waals surface area contributed by atoms with Gasteiger partial charge in [0.1, 0.15) is 0 Å². The highest BCUT2D eigenvalue weighted by Crippen LogP contribution is 2.17. The Morgan fingerprint density at radius 1 is 1.48 bits per heavy atom. The minimum Gasteiger partial charge on any atom is -0.352 e. The first-order valence-electron chi connectivity index (χ1n) is 6.80. The molecule has 3 rings (SSSR count). The topological polar surface area (TPSA) is 59.3 Å². The first-order chi connectivity index (χ1) is 10.2. The molecule has 0 bridgehead atoms. The third kappa shape index (κ3) is 3.28. The molecule has 5 nitrogen and oxygen atoms in total. The molecule has 0 radical (unpaired) electrons. The Balaban J connectivity index is 1.54. The van der Waals surface area contributed by atoms with Gasteiger partial charge in [-0.2, -0.15) is 0 Å². The van der Waals surface area contributed by atoms with Crippen LogP contribution in [0.3, 0.4) is 0 Å². The van der Waals surface area contributed by atoms with Gasteiger partial charge in [-0.05, 0) is 25.0 Å². The van der Waals surface area contributed by atoms with Crippen LogP contribution in [0.5, 0.6) is 0 Å². The lowest BCUT2D eigenvalue weighted by atomic mass is 10.2. The minimum absolute atomic E-state index is 0.0510. The smallest absolute Gasteiger partial charge is 0.220 e. The summed E-state index contributed by atoms with van der Waals surface area (Å²) < 4.78 is 2.06. The summed E-state index contributed by atoms with van der Waals surface area (Å²) in [5.41, 5.74) is 3.14. The van der Waals surface area contributed by atoms with Gasteiger partial charge in [0.2, 0.25) is 5.91 Å². The van der Waals surface area contributed by atoms with Crippen molar-refractivity contribution in [3.63, 3.8) is 0 Å². The summed E-state index contributed by atoms with van der Waals surface area (Å²) in [6.45, 7) is 2.50. The molecule has 6 heteroatoms. The number of fused-ring (bicyclic) bond motifs is 1. The van der Waals surface area contributed by atoms with Crippen molar-refractivity contribution < 1.29 is 4.79 Å². The Morgan fingerprint density at radius 2 is 2.38 bits per heavy atom. The molecule has 0 spiro atoms. The van der Waals surface area contributed by atoms with Gasteiger partial charge in [-0.3, -0.25) is 14.2 Å². The molecule has 0 aliphatic carbocycles. The van der Waals surface area contributed by atoms with Crippen LogP contribution in [0, 0.1) is 6.92 Å². The number of nitrogens with one attached hydrogen (secondary N) is 1. The van der Waals surface area contributed by atoms with E-state index in [1.54, 1.807) is 23.7 Å². The summed E-state index contributed by atoms with van der Waals surface area (Å²) in [6, 6.07) is 3.81. The molecule has 3 aromatic heterocycles.